The molecule has 1 aromatic heterocycles. The molecule has 0 saturated carbocycles. The highest BCUT2D eigenvalue weighted by Crippen LogP contribution is 2.31. The van der Waals surface area contributed by atoms with Crippen LogP contribution in [0, 0.1) is 0 Å². The molecule has 1 aliphatic heterocycles. The lowest BCUT2D eigenvalue weighted by Crippen LogP contribution is -2.38. The standard InChI is InChI=1S/C23H23N3O2/c1-28-22-5-3-2-4-21(22)26-15-12-20(23(26)27)25-16-17-6-8-18(9-7-17)19-10-13-24-14-11-19/h2-11,13-14,20,25H,12,15-16H2,1H3. The van der Waals surface area contributed by atoms with Crippen molar-refractivity contribution in [2.75, 3.05) is 18.6 Å². The molecule has 142 valence electrons. The Kier molecular flexibility index (Phi) is 5.35. The molecule has 1 saturated heterocycles. The minimum absolute atomic E-state index is 0.0953. The number of nitrogens with zero attached hydrogens (tertiary/aromatic N) is 2. The summed E-state index contributed by atoms with van der Waals surface area (Å²) >= 11 is 0. The molecule has 3 aromatic rings. The molecule has 2 aromatic carbocycles. The van der Waals surface area contributed by atoms with Gasteiger partial charge >= 0.3 is 0 Å². The molecule has 1 amide bonds. The number of anilines is 1. The van der Waals surface area contributed by atoms with E-state index in [1.165, 1.54) is 0 Å². The summed E-state index contributed by atoms with van der Waals surface area (Å²) in [6.45, 7) is 1.35. The van der Waals surface area contributed by atoms with Gasteiger partial charge in [0.2, 0.25) is 5.91 Å². The van der Waals surface area contributed by atoms with Crippen LogP contribution in [0.25, 0.3) is 11.1 Å². The number of rotatable bonds is 6. The maximum Gasteiger partial charge on any atom is 0.244 e. The molecule has 1 aliphatic rings. The highest BCUT2D eigenvalue weighted by atomic mass is 16.5. The lowest BCUT2D eigenvalue weighted by atomic mass is 10.1. The second-order valence-electron chi connectivity index (χ2n) is 6.82. The number of ether oxygens (including phenoxy) is 1. The maximum atomic E-state index is 12.8. The van der Waals surface area contributed by atoms with Crippen molar-refractivity contribution in [2.45, 2.75) is 19.0 Å². The average molecular weight is 373 g/mol. The molecular weight excluding hydrogens is 350 g/mol. The van der Waals surface area contributed by atoms with Crippen molar-refractivity contribution in [3.05, 3.63) is 78.6 Å². The number of amides is 1. The fraction of sp³-hybridized carbons (Fsp3) is 0.217. The van der Waals surface area contributed by atoms with Crippen LogP contribution in [0.15, 0.2) is 73.1 Å². The summed E-state index contributed by atoms with van der Waals surface area (Å²) in [5.41, 5.74) is 4.29. The first-order valence-electron chi connectivity index (χ1n) is 9.43. The third-order valence-electron chi connectivity index (χ3n) is 5.10. The van der Waals surface area contributed by atoms with Gasteiger partial charge in [0, 0.05) is 25.5 Å². The summed E-state index contributed by atoms with van der Waals surface area (Å²) < 4.78 is 5.40. The van der Waals surface area contributed by atoms with Crippen LogP contribution in [0.1, 0.15) is 12.0 Å². The number of carbonyl (C=O) groups excluding carboxylic acids is 1. The van der Waals surface area contributed by atoms with E-state index in [1.807, 2.05) is 41.3 Å². The first-order valence-corrected chi connectivity index (χ1v) is 9.43. The zero-order valence-electron chi connectivity index (χ0n) is 15.8. The van der Waals surface area contributed by atoms with E-state index in [0.717, 1.165) is 34.5 Å². The van der Waals surface area contributed by atoms with Gasteiger partial charge in [-0.2, -0.15) is 0 Å². The quantitative estimate of drug-likeness (QED) is 0.717. The van der Waals surface area contributed by atoms with Crippen LogP contribution in [0.3, 0.4) is 0 Å². The van der Waals surface area contributed by atoms with E-state index in [-0.39, 0.29) is 11.9 Å². The average Bonchev–Trinajstić information content (AvgIpc) is 3.13. The maximum absolute atomic E-state index is 12.8. The second kappa shape index (κ2) is 8.23. The minimum Gasteiger partial charge on any atom is -0.495 e. The van der Waals surface area contributed by atoms with Crippen LogP contribution in [0.2, 0.25) is 0 Å². The number of benzene rings is 2. The van der Waals surface area contributed by atoms with Crippen molar-refractivity contribution in [1.29, 1.82) is 0 Å². The molecule has 5 heteroatoms. The summed E-state index contributed by atoms with van der Waals surface area (Å²) in [4.78, 5) is 18.7. The first-order chi connectivity index (χ1) is 13.8. The molecule has 5 nitrogen and oxygen atoms in total. The molecule has 0 bridgehead atoms. The third kappa shape index (κ3) is 3.75. The lowest BCUT2D eigenvalue weighted by molar-refractivity contribution is -0.118. The fourth-order valence-electron chi connectivity index (χ4n) is 3.56. The van der Waals surface area contributed by atoms with Crippen LogP contribution in [0.5, 0.6) is 5.75 Å². The van der Waals surface area contributed by atoms with Crippen LogP contribution in [0.4, 0.5) is 5.69 Å². The molecule has 1 N–H and O–H groups in total. The molecule has 0 radical (unpaired) electrons. The molecule has 0 spiro atoms. The Hall–Kier alpha value is -3.18. The van der Waals surface area contributed by atoms with Crippen molar-refractivity contribution in [2.24, 2.45) is 0 Å². The van der Waals surface area contributed by atoms with Gasteiger partial charge in [0.1, 0.15) is 5.75 Å². The first kappa shape index (κ1) is 18.2. The van der Waals surface area contributed by atoms with Crippen molar-refractivity contribution >= 4 is 11.6 Å². The number of hydrogen-bond donors (Lipinski definition) is 1. The number of nitrogens with one attached hydrogen (secondary N) is 1. The van der Waals surface area contributed by atoms with Crippen molar-refractivity contribution in [3.63, 3.8) is 0 Å². The van der Waals surface area contributed by atoms with Crippen LogP contribution in [-0.2, 0) is 11.3 Å². The molecule has 4 rings (SSSR count). The summed E-state index contributed by atoms with van der Waals surface area (Å²) in [7, 11) is 1.63. The smallest absolute Gasteiger partial charge is 0.244 e. The Labute approximate surface area is 165 Å². The monoisotopic (exact) mass is 373 g/mol. The Morgan fingerprint density at radius 2 is 1.75 bits per heavy atom. The molecule has 1 fully saturated rings. The van der Waals surface area contributed by atoms with E-state index < -0.39 is 0 Å². The molecule has 1 unspecified atom stereocenters. The number of aromatic nitrogens is 1. The van der Waals surface area contributed by atoms with Gasteiger partial charge in [0.15, 0.2) is 0 Å². The predicted octanol–water partition coefficient (Wildman–Crippen LogP) is 3.65. The van der Waals surface area contributed by atoms with E-state index in [9.17, 15) is 4.79 Å². The van der Waals surface area contributed by atoms with E-state index in [0.29, 0.717) is 13.1 Å². The number of para-hydroxylation sites is 2. The van der Waals surface area contributed by atoms with Crippen LogP contribution < -0.4 is 15.0 Å². The fourth-order valence-corrected chi connectivity index (χ4v) is 3.56. The van der Waals surface area contributed by atoms with Gasteiger partial charge in [0.25, 0.3) is 0 Å². The van der Waals surface area contributed by atoms with E-state index >= 15 is 0 Å². The van der Waals surface area contributed by atoms with Crippen molar-refractivity contribution < 1.29 is 9.53 Å². The van der Waals surface area contributed by atoms with Crippen molar-refractivity contribution in [3.8, 4) is 16.9 Å². The summed E-state index contributed by atoms with van der Waals surface area (Å²) in [5.74, 6) is 0.820. The lowest BCUT2D eigenvalue weighted by Gasteiger charge is -2.19. The summed E-state index contributed by atoms with van der Waals surface area (Å²) in [6.07, 6.45) is 4.37. The second-order valence-corrected chi connectivity index (χ2v) is 6.82. The predicted molar refractivity (Wildman–Crippen MR) is 110 cm³/mol. The molecule has 0 aliphatic carbocycles. The molecule has 1 atom stereocenters. The largest absolute Gasteiger partial charge is 0.495 e. The van der Waals surface area contributed by atoms with Crippen molar-refractivity contribution in [1.82, 2.24) is 10.3 Å². The van der Waals surface area contributed by atoms with E-state index in [2.05, 4.69) is 34.6 Å². The molecule has 2 heterocycles. The van der Waals surface area contributed by atoms with Gasteiger partial charge in [-0.3, -0.25) is 9.78 Å². The Balaban J connectivity index is 1.38. The number of hydrogen-bond acceptors (Lipinski definition) is 4. The van der Waals surface area contributed by atoms with Gasteiger partial charge < -0.3 is 15.0 Å². The van der Waals surface area contributed by atoms with E-state index in [1.54, 1.807) is 19.5 Å². The zero-order valence-corrected chi connectivity index (χ0v) is 15.8. The SMILES string of the molecule is COc1ccccc1N1CCC(NCc2ccc(-c3ccncc3)cc2)C1=O. The molecule has 28 heavy (non-hydrogen) atoms. The molecular formula is C23H23N3O2. The summed E-state index contributed by atoms with van der Waals surface area (Å²) in [5, 5.41) is 3.40. The van der Waals surface area contributed by atoms with Gasteiger partial charge in [-0.1, -0.05) is 36.4 Å². The van der Waals surface area contributed by atoms with E-state index in [4.69, 9.17) is 4.74 Å². The highest BCUT2D eigenvalue weighted by Gasteiger charge is 2.33. The Morgan fingerprint density at radius 1 is 1.04 bits per heavy atom. The number of carbonyl (C=O) groups is 1. The minimum atomic E-state index is -0.176. The summed E-state index contributed by atoms with van der Waals surface area (Å²) in [6, 6.07) is 19.9. The van der Waals surface area contributed by atoms with Gasteiger partial charge in [-0.05, 0) is 47.4 Å². The Morgan fingerprint density at radius 3 is 2.50 bits per heavy atom. The number of methoxy groups -OCH3 is 1. The zero-order chi connectivity index (χ0) is 19.3. The number of pyridine rings is 1. The van der Waals surface area contributed by atoms with Crippen LogP contribution >= 0.6 is 0 Å². The van der Waals surface area contributed by atoms with Gasteiger partial charge in [-0.15, -0.1) is 0 Å². The Bertz CT molecular complexity index is 942. The van der Waals surface area contributed by atoms with Gasteiger partial charge in [-0.25, -0.2) is 0 Å². The highest BCUT2D eigenvalue weighted by molar-refractivity contribution is 6.00. The third-order valence-corrected chi connectivity index (χ3v) is 5.10. The normalized spacial score (nSPS) is 16.4. The van der Waals surface area contributed by atoms with Gasteiger partial charge in [0.05, 0.1) is 18.8 Å². The topological polar surface area (TPSA) is 54.5 Å². The van der Waals surface area contributed by atoms with Crippen LogP contribution in [-0.4, -0.2) is 30.6 Å².